The van der Waals surface area contributed by atoms with Gasteiger partial charge in [0.05, 0.1) is 6.04 Å². The minimum atomic E-state index is -0.376. The molecule has 2 atom stereocenters. The molecule has 2 N–H and O–H groups in total. The van der Waals surface area contributed by atoms with Gasteiger partial charge in [-0.1, -0.05) is 23.7 Å². The van der Waals surface area contributed by atoms with Crippen molar-refractivity contribution in [2.45, 2.75) is 12.1 Å². The van der Waals surface area contributed by atoms with E-state index in [1.165, 1.54) is 6.08 Å². The fourth-order valence-corrected chi connectivity index (χ4v) is 1.58. The molecule has 0 aromatic heterocycles. The summed E-state index contributed by atoms with van der Waals surface area (Å²) in [5, 5.41) is 0.657. The van der Waals surface area contributed by atoms with E-state index in [0.717, 1.165) is 5.56 Å². The largest absolute Gasteiger partial charge is 0.453 e. The van der Waals surface area contributed by atoms with Crippen molar-refractivity contribution in [3.8, 4) is 0 Å². The Morgan fingerprint density at radius 2 is 1.94 bits per heavy atom. The number of hydrogen-bond donors (Lipinski definition) is 1. The smallest absolute Gasteiger partial charge is 0.331 e. The number of rotatable bonds is 2. The maximum atomic E-state index is 10.9. The highest BCUT2D eigenvalue weighted by atomic mass is 35.5. The van der Waals surface area contributed by atoms with Crippen molar-refractivity contribution in [3.05, 3.63) is 47.0 Å². The molecule has 0 fully saturated rings. The topological polar surface area (TPSA) is 52.3 Å². The summed E-state index contributed by atoms with van der Waals surface area (Å²) < 4.78 is 5.00. The molecule has 0 radical (unpaired) electrons. The minimum absolute atomic E-state index is 0. The van der Waals surface area contributed by atoms with Crippen LogP contribution in [0.5, 0.6) is 0 Å². The second-order valence-electron chi connectivity index (χ2n) is 3.34. The Bertz CT molecular complexity index is 403. The van der Waals surface area contributed by atoms with Crippen molar-refractivity contribution in [2.75, 3.05) is 0 Å². The van der Waals surface area contributed by atoms with E-state index in [1.54, 1.807) is 18.2 Å². The van der Waals surface area contributed by atoms with Gasteiger partial charge in [-0.3, -0.25) is 0 Å². The van der Waals surface area contributed by atoms with Crippen molar-refractivity contribution < 1.29 is 9.53 Å². The first kappa shape index (κ1) is 13.0. The van der Waals surface area contributed by atoms with Crippen LogP contribution in [0, 0.1) is 0 Å². The van der Waals surface area contributed by atoms with Crippen molar-refractivity contribution in [1.29, 1.82) is 0 Å². The number of nitrogens with two attached hydrogens (primary N) is 1. The lowest BCUT2D eigenvalue weighted by Gasteiger charge is -2.17. The van der Waals surface area contributed by atoms with Gasteiger partial charge >= 0.3 is 5.97 Å². The molecule has 1 heterocycles. The lowest BCUT2D eigenvalue weighted by molar-refractivity contribution is -0.139. The summed E-state index contributed by atoms with van der Waals surface area (Å²) in [6, 6.07) is 6.83. The summed E-state index contributed by atoms with van der Waals surface area (Å²) in [7, 11) is 0. The van der Waals surface area contributed by atoms with Crippen LogP contribution in [0.3, 0.4) is 0 Å². The molecule has 0 unspecified atom stereocenters. The third-order valence-corrected chi connectivity index (χ3v) is 2.54. The molecule has 0 saturated heterocycles. The molecule has 5 heteroatoms. The van der Waals surface area contributed by atoms with Gasteiger partial charge in [-0.25, -0.2) is 4.79 Å². The van der Waals surface area contributed by atoms with Gasteiger partial charge in [0, 0.05) is 11.1 Å². The predicted molar refractivity (Wildman–Crippen MR) is 64.6 cm³/mol. The number of benzene rings is 1. The average molecular weight is 260 g/mol. The van der Waals surface area contributed by atoms with E-state index in [1.807, 2.05) is 12.1 Å². The molecule has 1 aromatic carbocycles. The number of ether oxygens (including phenoxy) is 1. The second kappa shape index (κ2) is 5.34. The lowest BCUT2D eigenvalue weighted by Crippen LogP contribution is -2.25. The molecule has 16 heavy (non-hydrogen) atoms. The Morgan fingerprint density at radius 3 is 2.44 bits per heavy atom. The van der Waals surface area contributed by atoms with Crippen LogP contribution < -0.4 is 5.73 Å². The Kier molecular flexibility index (Phi) is 4.35. The fourth-order valence-electron chi connectivity index (χ4n) is 1.45. The highest BCUT2D eigenvalue weighted by Crippen LogP contribution is 2.22. The van der Waals surface area contributed by atoms with Crippen molar-refractivity contribution in [2.24, 2.45) is 5.73 Å². The molecular weight excluding hydrogens is 249 g/mol. The Balaban J connectivity index is 0.00000128. The summed E-state index contributed by atoms with van der Waals surface area (Å²) in [5.41, 5.74) is 6.83. The van der Waals surface area contributed by atoms with Crippen LogP contribution in [0.15, 0.2) is 36.4 Å². The number of carbonyl (C=O) groups is 1. The van der Waals surface area contributed by atoms with E-state index in [4.69, 9.17) is 22.1 Å². The molecule has 1 aromatic rings. The summed E-state index contributed by atoms with van der Waals surface area (Å²) in [4.78, 5) is 10.9. The first-order chi connectivity index (χ1) is 7.16. The van der Waals surface area contributed by atoms with Crippen LogP contribution >= 0.6 is 24.0 Å². The minimum Gasteiger partial charge on any atom is -0.453 e. The van der Waals surface area contributed by atoms with Crippen LogP contribution in [0.4, 0.5) is 0 Å². The van der Waals surface area contributed by atoms with E-state index < -0.39 is 0 Å². The quantitative estimate of drug-likeness (QED) is 0.829. The lowest BCUT2D eigenvalue weighted by atomic mass is 10.0. The van der Waals surface area contributed by atoms with Crippen LogP contribution in [-0.4, -0.2) is 12.1 Å². The monoisotopic (exact) mass is 259 g/mol. The van der Waals surface area contributed by atoms with Crippen molar-refractivity contribution >= 4 is 30.0 Å². The summed E-state index contributed by atoms with van der Waals surface area (Å²) in [5.74, 6) is -0.343. The zero-order valence-electron chi connectivity index (χ0n) is 8.30. The highest BCUT2D eigenvalue weighted by Gasteiger charge is 2.24. The van der Waals surface area contributed by atoms with Crippen LogP contribution in [0.25, 0.3) is 0 Å². The normalized spacial score (nSPS) is 20.1. The second-order valence-corrected chi connectivity index (χ2v) is 3.77. The predicted octanol–water partition coefficient (Wildman–Crippen LogP) is 2.24. The average Bonchev–Trinajstić information content (AvgIpc) is 2.65. The first-order valence-electron chi connectivity index (χ1n) is 4.56. The molecule has 0 bridgehead atoms. The van der Waals surface area contributed by atoms with Crippen molar-refractivity contribution in [3.63, 3.8) is 0 Å². The maximum absolute atomic E-state index is 10.9. The molecule has 3 nitrogen and oxygen atoms in total. The molecule has 86 valence electrons. The number of halogens is 2. The van der Waals surface area contributed by atoms with E-state index in [-0.39, 0.29) is 30.5 Å². The molecule has 0 spiro atoms. The van der Waals surface area contributed by atoms with Gasteiger partial charge in [-0.05, 0) is 23.8 Å². The summed E-state index contributed by atoms with van der Waals surface area (Å²) in [6.07, 6.45) is 2.68. The van der Waals surface area contributed by atoms with Gasteiger partial charge in [0.1, 0.15) is 6.10 Å². The van der Waals surface area contributed by atoms with Gasteiger partial charge in [-0.2, -0.15) is 0 Å². The van der Waals surface area contributed by atoms with Gasteiger partial charge in [0.2, 0.25) is 0 Å². The maximum Gasteiger partial charge on any atom is 0.331 e. The number of hydrogen-bond acceptors (Lipinski definition) is 3. The fraction of sp³-hybridized carbons (Fsp3) is 0.182. The third-order valence-electron chi connectivity index (χ3n) is 2.28. The van der Waals surface area contributed by atoms with E-state index >= 15 is 0 Å². The Labute approximate surface area is 105 Å². The van der Waals surface area contributed by atoms with E-state index in [9.17, 15) is 4.79 Å². The summed E-state index contributed by atoms with van der Waals surface area (Å²) >= 11 is 5.76. The summed E-state index contributed by atoms with van der Waals surface area (Å²) in [6.45, 7) is 0. The number of cyclic esters (lactones) is 1. The number of carbonyl (C=O) groups excluding carboxylic acids is 1. The molecule has 0 aliphatic carbocycles. The SMILES string of the molecule is Cl.N[C@H](c1ccc(Cl)cc1)[C@@H]1C=CC(=O)O1. The standard InChI is InChI=1S/C11H10ClNO2.ClH/c12-8-3-1-7(2-4-8)11(13)9-5-6-10(14)15-9;/h1-6,9,11H,13H2;1H/t9-,11+;/m0./s1. The van der Waals surface area contributed by atoms with Gasteiger partial charge in [0.15, 0.2) is 0 Å². The van der Waals surface area contributed by atoms with E-state index in [2.05, 4.69) is 0 Å². The molecule has 2 rings (SSSR count). The molecule has 1 aliphatic rings. The van der Waals surface area contributed by atoms with Crippen molar-refractivity contribution in [1.82, 2.24) is 0 Å². The first-order valence-corrected chi connectivity index (χ1v) is 4.94. The van der Waals surface area contributed by atoms with Gasteiger partial charge in [0.25, 0.3) is 0 Å². The Morgan fingerprint density at radius 1 is 1.31 bits per heavy atom. The van der Waals surface area contributed by atoms with Crippen LogP contribution in [0.1, 0.15) is 11.6 Å². The van der Waals surface area contributed by atoms with Gasteiger partial charge in [-0.15, -0.1) is 12.4 Å². The third kappa shape index (κ3) is 2.76. The van der Waals surface area contributed by atoms with Crippen LogP contribution in [0.2, 0.25) is 5.02 Å². The highest BCUT2D eigenvalue weighted by molar-refractivity contribution is 6.30. The molecule has 0 saturated carbocycles. The van der Waals surface area contributed by atoms with Crippen LogP contribution in [-0.2, 0) is 9.53 Å². The number of esters is 1. The zero-order chi connectivity index (χ0) is 10.8. The van der Waals surface area contributed by atoms with Gasteiger partial charge < -0.3 is 10.5 Å². The zero-order valence-corrected chi connectivity index (χ0v) is 9.87. The Hall–Kier alpha value is -1.03. The molecular formula is C11H11Cl2NO2. The van der Waals surface area contributed by atoms with E-state index in [0.29, 0.717) is 5.02 Å². The molecule has 1 aliphatic heterocycles. The molecule has 0 amide bonds.